The number of para-hydroxylation sites is 1. The van der Waals surface area contributed by atoms with Gasteiger partial charge in [-0.3, -0.25) is 0 Å². The Balaban J connectivity index is 2.70. The van der Waals surface area contributed by atoms with Crippen molar-refractivity contribution in [1.29, 1.82) is 5.26 Å². The molecule has 17 heavy (non-hydrogen) atoms. The molecule has 1 unspecified atom stereocenters. The van der Waals surface area contributed by atoms with Crippen LogP contribution >= 0.6 is 12.6 Å². The summed E-state index contributed by atoms with van der Waals surface area (Å²) in [7, 11) is 0. The van der Waals surface area contributed by atoms with E-state index in [1.165, 1.54) is 0 Å². The lowest BCUT2D eigenvalue weighted by Crippen LogP contribution is -2.28. The van der Waals surface area contributed by atoms with Crippen LogP contribution in [0.25, 0.3) is 0 Å². The van der Waals surface area contributed by atoms with Crippen molar-refractivity contribution < 1.29 is 4.74 Å². The third-order valence-electron chi connectivity index (χ3n) is 2.89. The van der Waals surface area contributed by atoms with Gasteiger partial charge in [-0.25, -0.2) is 0 Å². The molecule has 0 aliphatic rings. The van der Waals surface area contributed by atoms with Gasteiger partial charge in [-0.2, -0.15) is 17.9 Å². The molecule has 0 bridgehead atoms. The molecule has 3 heteroatoms. The number of hydrogen-bond donors (Lipinski definition) is 1. The highest BCUT2D eigenvalue weighted by atomic mass is 32.1. The van der Waals surface area contributed by atoms with Crippen LogP contribution in [0.5, 0.6) is 5.75 Å². The first-order valence-electron chi connectivity index (χ1n) is 5.72. The van der Waals surface area contributed by atoms with Crippen molar-refractivity contribution >= 4 is 12.6 Å². The number of benzene rings is 1. The summed E-state index contributed by atoms with van der Waals surface area (Å²) in [5, 5.41) is 8.96. The van der Waals surface area contributed by atoms with Crippen molar-refractivity contribution in [2.45, 2.75) is 20.8 Å². The second kappa shape index (κ2) is 5.97. The Morgan fingerprint density at radius 3 is 2.53 bits per heavy atom. The summed E-state index contributed by atoms with van der Waals surface area (Å²) in [6, 6.07) is 9.44. The number of thiol groups is 1. The molecule has 1 atom stereocenters. The average molecular weight is 249 g/mol. The van der Waals surface area contributed by atoms with Crippen molar-refractivity contribution in [3.8, 4) is 11.8 Å². The Bertz CT molecular complexity index is 403. The van der Waals surface area contributed by atoms with Crippen molar-refractivity contribution in [1.82, 2.24) is 0 Å². The topological polar surface area (TPSA) is 33.0 Å². The Labute approximate surface area is 109 Å². The van der Waals surface area contributed by atoms with E-state index in [2.05, 4.69) is 39.5 Å². The van der Waals surface area contributed by atoms with Crippen LogP contribution in [0.2, 0.25) is 0 Å². The smallest absolute Gasteiger partial charge is 0.137 e. The molecule has 0 fully saturated rings. The van der Waals surface area contributed by atoms with Crippen molar-refractivity contribution in [2.24, 2.45) is 11.3 Å². The van der Waals surface area contributed by atoms with Gasteiger partial charge in [0.2, 0.25) is 0 Å². The molecule has 1 aromatic carbocycles. The zero-order chi connectivity index (χ0) is 12.9. The first kappa shape index (κ1) is 13.9. The second-order valence-corrected chi connectivity index (χ2v) is 5.53. The van der Waals surface area contributed by atoms with Crippen molar-refractivity contribution in [2.75, 3.05) is 12.4 Å². The summed E-state index contributed by atoms with van der Waals surface area (Å²) in [5.41, 5.74) is 0.739. The van der Waals surface area contributed by atoms with Gasteiger partial charge in [-0.15, -0.1) is 0 Å². The predicted molar refractivity (Wildman–Crippen MR) is 73.5 cm³/mol. The van der Waals surface area contributed by atoms with Gasteiger partial charge in [-0.05, 0) is 23.3 Å². The maximum Gasteiger partial charge on any atom is 0.137 e. The SMILES string of the molecule is CC(C)(C)C(CS)COc1ccccc1C#N. The summed E-state index contributed by atoms with van der Waals surface area (Å²) < 4.78 is 5.74. The molecule has 0 heterocycles. The van der Waals surface area contributed by atoms with Crippen LogP contribution in [0.1, 0.15) is 26.3 Å². The molecular formula is C14H19NOS. The highest BCUT2D eigenvalue weighted by Gasteiger charge is 2.24. The maximum absolute atomic E-state index is 8.96. The van der Waals surface area contributed by atoms with E-state index in [1.54, 1.807) is 6.07 Å². The van der Waals surface area contributed by atoms with Gasteiger partial charge in [0.25, 0.3) is 0 Å². The monoisotopic (exact) mass is 249 g/mol. The predicted octanol–water partition coefficient (Wildman–Crippen LogP) is 3.53. The Morgan fingerprint density at radius 1 is 1.35 bits per heavy atom. The first-order valence-corrected chi connectivity index (χ1v) is 6.35. The molecule has 0 N–H and O–H groups in total. The van der Waals surface area contributed by atoms with E-state index in [9.17, 15) is 0 Å². The molecule has 0 amide bonds. The van der Waals surface area contributed by atoms with Gasteiger partial charge in [0, 0.05) is 5.92 Å². The fourth-order valence-corrected chi connectivity index (χ4v) is 2.10. The Kier molecular flexibility index (Phi) is 4.89. The van der Waals surface area contributed by atoms with E-state index in [1.807, 2.05) is 18.2 Å². The standard InChI is InChI=1S/C14H19NOS/c1-14(2,3)12(10-17)9-16-13-7-5-4-6-11(13)8-15/h4-7,12,17H,9-10H2,1-3H3. The van der Waals surface area contributed by atoms with E-state index in [0.29, 0.717) is 23.8 Å². The molecule has 1 rings (SSSR count). The second-order valence-electron chi connectivity index (χ2n) is 5.16. The molecule has 2 nitrogen and oxygen atoms in total. The molecule has 0 aliphatic heterocycles. The van der Waals surface area contributed by atoms with E-state index >= 15 is 0 Å². The first-order chi connectivity index (χ1) is 7.99. The average Bonchev–Trinajstić information content (AvgIpc) is 2.28. The minimum absolute atomic E-state index is 0.156. The molecule has 0 saturated carbocycles. The Hall–Kier alpha value is -1.14. The van der Waals surface area contributed by atoms with Crippen LogP contribution in [0.3, 0.4) is 0 Å². The normalized spacial score (nSPS) is 12.9. The minimum atomic E-state index is 0.156. The van der Waals surface area contributed by atoms with E-state index < -0.39 is 0 Å². The summed E-state index contributed by atoms with van der Waals surface area (Å²) >= 11 is 4.36. The molecule has 0 aromatic heterocycles. The lowest BCUT2D eigenvalue weighted by Gasteiger charge is -2.29. The molecule has 1 aromatic rings. The van der Waals surface area contributed by atoms with Crippen molar-refractivity contribution in [3.05, 3.63) is 29.8 Å². The van der Waals surface area contributed by atoms with Crippen LogP contribution in [-0.2, 0) is 0 Å². The summed E-state index contributed by atoms with van der Waals surface area (Å²) in [5.74, 6) is 1.79. The highest BCUT2D eigenvalue weighted by molar-refractivity contribution is 7.80. The lowest BCUT2D eigenvalue weighted by atomic mass is 9.82. The van der Waals surface area contributed by atoms with Gasteiger partial charge in [0.15, 0.2) is 0 Å². The van der Waals surface area contributed by atoms with Gasteiger partial charge >= 0.3 is 0 Å². The van der Waals surface area contributed by atoms with Crippen molar-refractivity contribution in [3.63, 3.8) is 0 Å². The van der Waals surface area contributed by atoms with Gasteiger partial charge in [0.1, 0.15) is 11.8 Å². The summed E-state index contributed by atoms with van der Waals surface area (Å²) in [6.45, 7) is 7.11. The third kappa shape index (κ3) is 3.98. The van der Waals surface area contributed by atoms with Gasteiger partial charge in [-0.1, -0.05) is 32.9 Å². The fraction of sp³-hybridized carbons (Fsp3) is 0.500. The fourth-order valence-electron chi connectivity index (χ4n) is 1.45. The number of ether oxygens (including phenoxy) is 1. The number of nitrogens with zero attached hydrogens (tertiary/aromatic N) is 1. The minimum Gasteiger partial charge on any atom is -0.492 e. The number of hydrogen-bond acceptors (Lipinski definition) is 3. The van der Waals surface area contributed by atoms with E-state index in [4.69, 9.17) is 10.00 Å². The molecule has 0 saturated heterocycles. The Morgan fingerprint density at radius 2 is 2.00 bits per heavy atom. The summed E-state index contributed by atoms with van der Waals surface area (Å²) in [4.78, 5) is 0. The quantitative estimate of drug-likeness (QED) is 0.828. The van der Waals surface area contributed by atoms with Gasteiger partial charge < -0.3 is 4.74 Å². The molecular weight excluding hydrogens is 230 g/mol. The van der Waals surface area contributed by atoms with Crippen LogP contribution in [0, 0.1) is 22.7 Å². The number of rotatable bonds is 4. The third-order valence-corrected chi connectivity index (χ3v) is 3.33. The van der Waals surface area contributed by atoms with Crippen LogP contribution in [0.4, 0.5) is 0 Å². The highest BCUT2D eigenvalue weighted by Crippen LogP contribution is 2.28. The van der Waals surface area contributed by atoms with Crippen LogP contribution < -0.4 is 4.74 Å². The van der Waals surface area contributed by atoms with Crippen LogP contribution in [0.15, 0.2) is 24.3 Å². The maximum atomic E-state index is 8.96. The van der Waals surface area contributed by atoms with E-state index in [-0.39, 0.29) is 5.41 Å². The zero-order valence-electron chi connectivity index (χ0n) is 10.6. The molecule has 92 valence electrons. The van der Waals surface area contributed by atoms with Crippen LogP contribution in [-0.4, -0.2) is 12.4 Å². The van der Waals surface area contributed by atoms with Gasteiger partial charge in [0.05, 0.1) is 12.2 Å². The lowest BCUT2D eigenvalue weighted by molar-refractivity contribution is 0.165. The molecule has 0 spiro atoms. The molecule has 0 radical (unpaired) electrons. The molecule has 0 aliphatic carbocycles. The zero-order valence-corrected chi connectivity index (χ0v) is 11.5. The largest absolute Gasteiger partial charge is 0.492 e. The van der Waals surface area contributed by atoms with E-state index in [0.717, 1.165) is 5.75 Å². The summed E-state index contributed by atoms with van der Waals surface area (Å²) in [6.07, 6.45) is 0. The number of nitriles is 1.